The molecule has 0 radical (unpaired) electrons. The monoisotopic (exact) mass is 349 g/mol. The Kier molecular flexibility index (Phi) is 5.31. The van der Waals surface area contributed by atoms with E-state index < -0.39 is 29.2 Å². The second-order valence-electron chi connectivity index (χ2n) is 5.26. The number of methoxy groups -OCH3 is 1. The van der Waals surface area contributed by atoms with Crippen LogP contribution >= 0.6 is 0 Å². The van der Waals surface area contributed by atoms with Crippen LogP contribution in [-0.2, 0) is 29.4 Å². The van der Waals surface area contributed by atoms with Gasteiger partial charge in [0.25, 0.3) is 5.78 Å². The lowest BCUT2D eigenvalue weighted by Crippen LogP contribution is -2.33. The van der Waals surface area contributed by atoms with Gasteiger partial charge < -0.3 is 18.9 Å². The number of benzene rings is 1. The first-order chi connectivity index (χ1) is 11.8. The van der Waals surface area contributed by atoms with Gasteiger partial charge in [0.1, 0.15) is 5.75 Å². The second kappa shape index (κ2) is 7.25. The predicted octanol–water partition coefficient (Wildman–Crippen LogP) is 1.99. The van der Waals surface area contributed by atoms with Gasteiger partial charge in [-0.15, -0.1) is 0 Å². The molecule has 1 amide bonds. The third-order valence-corrected chi connectivity index (χ3v) is 3.51. The Labute approximate surface area is 144 Å². The SMILES string of the molecule is CCOC(=O)NC1=C(OC(C)=O)C(=O)C(C)(c2ccccc2OC)O1. The highest BCUT2D eigenvalue weighted by atomic mass is 16.6. The summed E-state index contributed by atoms with van der Waals surface area (Å²) < 4.78 is 20.7. The minimum Gasteiger partial charge on any atom is -0.496 e. The first-order valence-corrected chi connectivity index (χ1v) is 7.57. The lowest BCUT2D eigenvalue weighted by atomic mass is 9.91. The standard InChI is InChI=1S/C17H19NO7/c1-5-23-16(21)18-15-13(24-10(2)19)14(20)17(3,25-15)11-8-6-7-9-12(11)22-4/h6-9H,5H2,1-4H3,(H,18,21). The van der Waals surface area contributed by atoms with Crippen molar-refractivity contribution in [2.45, 2.75) is 26.4 Å². The number of nitrogens with one attached hydrogen (secondary N) is 1. The molecule has 0 aliphatic carbocycles. The maximum Gasteiger partial charge on any atom is 0.414 e. The Morgan fingerprint density at radius 2 is 1.96 bits per heavy atom. The van der Waals surface area contributed by atoms with Crippen LogP contribution in [0.4, 0.5) is 4.79 Å². The number of carbonyl (C=O) groups is 3. The summed E-state index contributed by atoms with van der Waals surface area (Å²) in [5.41, 5.74) is -1.11. The van der Waals surface area contributed by atoms with Crippen molar-refractivity contribution in [3.63, 3.8) is 0 Å². The minimum atomic E-state index is -1.54. The van der Waals surface area contributed by atoms with Gasteiger partial charge in [-0.25, -0.2) is 4.79 Å². The maximum atomic E-state index is 12.9. The number of Topliss-reactive ketones (excluding diaryl/α,β-unsaturated/α-hetero) is 1. The number of hydrogen-bond donors (Lipinski definition) is 1. The van der Waals surface area contributed by atoms with Gasteiger partial charge in [-0.2, -0.15) is 0 Å². The Bertz CT molecular complexity index is 740. The summed E-state index contributed by atoms with van der Waals surface area (Å²) in [5.74, 6) is -1.61. The normalized spacial score (nSPS) is 19.3. The number of ether oxygens (including phenoxy) is 4. The van der Waals surface area contributed by atoms with Crippen LogP contribution in [0.3, 0.4) is 0 Å². The van der Waals surface area contributed by atoms with Crippen molar-refractivity contribution >= 4 is 17.8 Å². The fourth-order valence-corrected chi connectivity index (χ4v) is 2.41. The Morgan fingerprint density at radius 1 is 1.28 bits per heavy atom. The van der Waals surface area contributed by atoms with Crippen LogP contribution < -0.4 is 10.1 Å². The summed E-state index contributed by atoms with van der Waals surface area (Å²) in [6.07, 6.45) is -0.834. The first-order valence-electron chi connectivity index (χ1n) is 7.57. The Hall–Kier alpha value is -3.03. The molecule has 25 heavy (non-hydrogen) atoms. The summed E-state index contributed by atoms with van der Waals surface area (Å²) in [6, 6.07) is 6.76. The molecule has 0 fully saturated rings. The van der Waals surface area contributed by atoms with Crippen LogP contribution in [0.2, 0.25) is 0 Å². The molecule has 8 nitrogen and oxygen atoms in total. The van der Waals surface area contributed by atoms with Crippen LogP contribution in [0, 0.1) is 0 Å². The summed E-state index contributed by atoms with van der Waals surface area (Å²) in [5, 5.41) is 2.29. The van der Waals surface area contributed by atoms with E-state index in [1.54, 1.807) is 31.2 Å². The number of esters is 1. The maximum absolute atomic E-state index is 12.9. The van der Waals surface area contributed by atoms with E-state index in [4.69, 9.17) is 18.9 Å². The van der Waals surface area contributed by atoms with Crippen molar-refractivity contribution < 1.29 is 33.3 Å². The highest BCUT2D eigenvalue weighted by Gasteiger charge is 2.51. The van der Waals surface area contributed by atoms with Gasteiger partial charge in [0, 0.05) is 12.5 Å². The molecule has 0 aromatic heterocycles. The van der Waals surface area contributed by atoms with E-state index in [-0.39, 0.29) is 12.5 Å². The molecule has 1 aliphatic heterocycles. The molecule has 134 valence electrons. The van der Waals surface area contributed by atoms with Gasteiger partial charge in [-0.3, -0.25) is 14.9 Å². The highest BCUT2D eigenvalue weighted by molar-refractivity contribution is 6.05. The molecule has 0 saturated carbocycles. The molecule has 1 aliphatic rings. The molecule has 1 heterocycles. The molecule has 1 atom stereocenters. The first kappa shape index (κ1) is 18.3. The van der Waals surface area contributed by atoms with Crippen molar-refractivity contribution in [1.82, 2.24) is 5.32 Å². The van der Waals surface area contributed by atoms with Crippen LogP contribution in [0.1, 0.15) is 26.3 Å². The molecule has 2 rings (SSSR count). The number of ketones is 1. The number of rotatable bonds is 5. The summed E-state index contributed by atoms with van der Waals surface area (Å²) >= 11 is 0. The fourth-order valence-electron chi connectivity index (χ4n) is 2.41. The van der Waals surface area contributed by atoms with E-state index in [0.717, 1.165) is 6.92 Å². The van der Waals surface area contributed by atoms with E-state index in [0.29, 0.717) is 11.3 Å². The van der Waals surface area contributed by atoms with Crippen molar-refractivity contribution in [2.75, 3.05) is 13.7 Å². The van der Waals surface area contributed by atoms with Crippen molar-refractivity contribution in [3.05, 3.63) is 41.5 Å². The number of para-hydroxylation sites is 1. The molecular weight excluding hydrogens is 330 g/mol. The molecule has 0 bridgehead atoms. The average Bonchev–Trinajstić information content (AvgIpc) is 2.80. The van der Waals surface area contributed by atoms with Crippen molar-refractivity contribution in [3.8, 4) is 5.75 Å². The lowest BCUT2D eigenvalue weighted by molar-refractivity contribution is -0.142. The van der Waals surface area contributed by atoms with Crippen molar-refractivity contribution in [1.29, 1.82) is 0 Å². The molecule has 0 saturated heterocycles. The number of carbonyl (C=O) groups excluding carboxylic acids is 3. The highest BCUT2D eigenvalue weighted by Crippen LogP contribution is 2.42. The average molecular weight is 349 g/mol. The van der Waals surface area contributed by atoms with Crippen LogP contribution in [0.25, 0.3) is 0 Å². The molecule has 1 unspecified atom stereocenters. The number of amides is 1. The molecule has 0 spiro atoms. The quantitative estimate of drug-likeness (QED) is 0.811. The fraction of sp³-hybridized carbons (Fsp3) is 0.353. The molecule has 1 aromatic rings. The van der Waals surface area contributed by atoms with Gasteiger partial charge in [-0.1, -0.05) is 18.2 Å². The van der Waals surface area contributed by atoms with Crippen LogP contribution in [0.15, 0.2) is 35.9 Å². The van der Waals surface area contributed by atoms with Crippen LogP contribution in [-0.4, -0.2) is 31.6 Å². The number of alkyl carbamates (subject to hydrolysis) is 1. The van der Waals surface area contributed by atoms with Gasteiger partial charge in [0.2, 0.25) is 17.2 Å². The minimum absolute atomic E-state index is 0.125. The molecule has 8 heteroatoms. The topological polar surface area (TPSA) is 100 Å². The van der Waals surface area contributed by atoms with E-state index in [2.05, 4.69) is 5.32 Å². The van der Waals surface area contributed by atoms with E-state index >= 15 is 0 Å². The van der Waals surface area contributed by atoms with E-state index in [9.17, 15) is 14.4 Å². The number of hydrogen-bond acceptors (Lipinski definition) is 7. The van der Waals surface area contributed by atoms with E-state index in [1.165, 1.54) is 14.0 Å². The van der Waals surface area contributed by atoms with Gasteiger partial charge in [0.05, 0.1) is 13.7 Å². The smallest absolute Gasteiger partial charge is 0.414 e. The Morgan fingerprint density at radius 3 is 2.56 bits per heavy atom. The molecule has 1 N–H and O–H groups in total. The van der Waals surface area contributed by atoms with E-state index in [1.807, 2.05) is 0 Å². The second-order valence-corrected chi connectivity index (χ2v) is 5.26. The van der Waals surface area contributed by atoms with Crippen molar-refractivity contribution in [2.24, 2.45) is 0 Å². The third-order valence-electron chi connectivity index (χ3n) is 3.51. The van der Waals surface area contributed by atoms with Crippen LogP contribution in [0.5, 0.6) is 5.75 Å². The lowest BCUT2D eigenvalue weighted by Gasteiger charge is -2.25. The largest absolute Gasteiger partial charge is 0.496 e. The molecular formula is C17H19NO7. The van der Waals surface area contributed by atoms with Gasteiger partial charge in [0.15, 0.2) is 0 Å². The summed E-state index contributed by atoms with van der Waals surface area (Å²) in [4.78, 5) is 35.9. The molecule has 1 aromatic carbocycles. The van der Waals surface area contributed by atoms with Gasteiger partial charge in [-0.05, 0) is 19.9 Å². The third kappa shape index (κ3) is 3.57. The van der Waals surface area contributed by atoms with Gasteiger partial charge >= 0.3 is 12.1 Å². The zero-order chi connectivity index (χ0) is 18.6. The summed E-state index contributed by atoms with van der Waals surface area (Å²) in [6.45, 7) is 4.39. The zero-order valence-corrected chi connectivity index (χ0v) is 14.4. The Balaban J connectivity index is 2.43. The predicted molar refractivity (Wildman–Crippen MR) is 85.4 cm³/mol. The zero-order valence-electron chi connectivity index (χ0n) is 14.4. The summed E-state index contributed by atoms with van der Waals surface area (Å²) in [7, 11) is 1.46.